The predicted molar refractivity (Wildman–Crippen MR) is 58.5 cm³/mol. The topological polar surface area (TPSA) is 26.3 Å². The van der Waals surface area contributed by atoms with Crippen LogP contribution in [0.25, 0.3) is 0 Å². The van der Waals surface area contributed by atoms with E-state index in [1.807, 2.05) is 0 Å². The fourth-order valence-electron chi connectivity index (χ4n) is 0.651. The van der Waals surface area contributed by atoms with E-state index in [1.165, 1.54) is 0 Å². The number of carbonyl (C=O) groups is 1. The smallest absolute Gasteiger partial charge is 0.344 e. The maximum absolute atomic E-state index is 11.0. The first-order chi connectivity index (χ1) is 5.72. The summed E-state index contributed by atoms with van der Waals surface area (Å²) in [6.45, 7) is 6.70. The monoisotopic (exact) mass is 260 g/mol. The van der Waals surface area contributed by atoms with Gasteiger partial charge in [0.2, 0.25) is 0 Å². The summed E-state index contributed by atoms with van der Waals surface area (Å²) >= 11 is 16.9. The molecule has 1 unspecified atom stereocenters. The van der Waals surface area contributed by atoms with Gasteiger partial charge in [-0.3, -0.25) is 0 Å². The molecule has 1 atom stereocenters. The lowest BCUT2D eigenvalue weighted by Gasteiger charge is -2.15. The van der Waals surface area contributed by atoms with Crippen molar-refractivity contribution in [1.29, 1.82) is 0 Å². The Hall–Kier alpha value is 0.297. The van der Waals surface area contributed by atoms with Crippen LogP contribution in [0.5, 0.6) is 0 Å². The highest BCUT2D eigenvalue weighted by Gasteiger charge is 2.29. The summed E-state index contributed by atoms with van der Waals surface area (Å²) in [6.07, 6.45) is -0.372. The van der Waals surface area contributed by atoms with Crippen LogP contribution in [-0.4, -0.2) is 18.1 Å². The lowest BCUT2D eigenvalue weighted by Crippen LogP contribution is -2.23. The van der Waals surface area contributed by atoms with Crippen molar-refractivity contribution in [3.63, 3.8) is 0 Å². The van der Waals surface area contributed by atoms with Crippen molar-refractivity contribution in [3.8, 4) is 0 Å². The fourth-order valence-corrected chi connectivity index (χ4v) is 3.34. The number of ether oxygens (including phenoxy) is 1. The standard InChI is InChI=1S/C7H11Cl3O2Si/c1-5(2)7(11)12-6(3)4-13(8,9)10/h6H,1,4H2,2-3H3. The van der Waals surface area contributed by atoms with Gasteiger partial charge < -0.3 is 4.74 Å². The van der Waals surface area contributed by atoms with Gasteiger partial charge in [0, 0.05) is 11.6 Å². The Balaban J connectivity index is 3.95. The van der Waals surface area contributed by atoms with Crippen LogP contribution in [0.1, 0.15) is 13.8 Å². The minimum absolute atomic E-state index is 0.302. The number of hydrogen-bond acceptors (Lipinski definition) is 2. The number of halogens is 3. The molecule has 76 valence electrons. The molecule has 0 rings (SSSR count). The van der Waals surface area contributed by atoms with Gasteiger partial charge in [0.1, 0.15) is 6.10 Å². The summed E-state index contributed by atoms with van der Waals surface area (Å²) < 4.78 is 4.93. The highest BCUT2D eigenvalue weighted by Crippen LogP contribution is 2.27. The molecule has 0 aromatic carbocycles. The van der Waals surface area contributed by atoms with E-state index in [0.717, 1.165) is 0 Å². The minimum atomic E-state index is -2.71. The van der Waals surface area contributed by atoms with Crippen LogP contribution in [0.3, 0.4) is 0 Å². The van der Waals surface area contributed by atoms with Crippen molar-refractivity contribution in [2.45, 2.75) is 26.0 Å². The molecule has 0 saturated heterocycles. The van der Waals surface area contributed by atoms with Crippen molar-refractivity contribution in [1.82, 2.24) is 0 Å². The van der Waals surface area contributed by atoms with Gasteiger partial charge in [-0.1, -0.05) is 6.58 Å². The van der Waals surface area contributed by atoms with E-state index >= 15 is 0 Å². The van der Waals surface area contributed by atoms with Crippen molar-refractivity contribution in [3.05, 3.63) is 12.2 Å². The second-order valence-electron chi connectivity index (χ2n) is 2.82. The molecule has 0 heterocycles. The van der Waals surface area contributed by atoms with Crippen molar-refractivity contribution in [2.24, 2.45) is 0 Å². The third-order valence-corrected chi connectivity index (χ3v) is 3.60. The van der Waals surface area contributed by atoms with Crippen LogP contribution in [0, 0.1) is 0 Å². The maximum Gasteiger partial charge on any atom is 0.344 e. The zero-order valence-corrected chi connectivity index (χ0v) is 10.7. The first-order valence-electron chi connectivity index (χ1n) is 3.65. The molecule has 0 saturated carbocycles. The Kier molecular flexibility index (Phi) is 5.37. The molecular weight excluding hydrogens is 251 g/mol. The quantitative estimate of drug-likeness (QED) is 0.336. The second kappa shape index (κ2) is 5.25. The third-order valence-electron chi connectivity index (χ3n) is 1.18. The average molecular weight is 262 g/mol. The van der Waals surface area contributed by atoms with Gasteiger partial charge in [-0.05, 0) is 13.8 Å². The predicted octanol–water partition coefficient (Wildman–Crippen LogP) is 3.15. The molecule has 6 heteroatoms. The van der Waals surface area contributed by atoms with E-state index in [0.29, 0.717) is 11.6 Å². The molecule has 0 fully saturated rings. The van der Waals surface area contributed by atoms with Crippen LogP contribution >= 0.6 is 33.2 Å². The van der Waals surface area contributed by atoms with Crippen molar-refractivity contribution >= 4 is 45.2 Å². The Morgan fingerprint density at radius 1 is 1.54 bits per heavy atom. The second-order valence-corrected chi connectivity index (χ2v) is 12.0. The SMILES string of the molecule is C=C(C)C(=O)OC(C)C[Si](Cl)(Cl)Cl. The van der Waals surface area contributed by atoms with Crippen LogP contribution in [0.2, 0.25) is 6.04 Å². The van der Waals surface area contributed by atoms with Crippen LogP contribution in [-0.2, 0) is 9.53 Å². The summed E-state index contributed by atoms with van der Waals surface area (Å²) in [5.74, 6) is -0.448. The summed E-state index contributed by atoms with van der Waals surface area (Å²) in [6, 6.07) is -2.41. The van der Waals surface area contributed by atoms with E-state index in [4.69, 9.17) is 38.0 Å². The van der Waals surface area contributed by atoms with Crippen LogP contribution < -0.4 is 0 Å². The Morgan fingerprint density at radius 3 is 2.31 bits per heavy atom. The third kappa shape index (κ3) is 7.37. The minimum Gasteiger partial charge on any atom is -0.460 e. The normalized spacial score (nSPS) is 13.6. The van der Waals surface area contributed by atoms with Gasteiger partial charge in [-0.25, -0.2) is 4.79 Å². The highest BCUT2D eigenvalue weighted by molar-refractivity contribution is 7.64. The zero-order chi connectivity index (χ0) is 10.6. The van der Waals surface area contributed by atoms with E-state index in [9.17, 15) is 4.79 Å². The number of esters is 1. The molecule has 0 aliphatic carbocycles. The number of rotatable bonds is 4. The van der Waals surface area contributed by atoms with Crippen molar-refractivity contribution in [2.75, 3.05) is 0 Å². The summed E-state index contributed by atoms with van der Waals surface area (Å²) in [5.41, 5.74) is 0.345. The molecule has 0 radical (unpaired) electrons. The molecule has 13 heavy (non-hydrogen) atoms. The fraction of sp³-hybridized carbons (Fsp3) is 0.571. The lowest BCUT2D eigenvalue weighted by atomic mass is 10.3. The van der Waals surface area contributed by atoms with E-state index in [1.54, 1.807) is 13.8 Å². The summed E-state index contributed by atoms with van der Waals surface area (Å²) in [5, 5.41) is 0. The van der Waals surface area contributed by atoms with E-state index in [-0.39, 0.29) is 6.10 Å². The molecule has 0 bridgehead atoms. The largest absolute Gasteiger partial charge is 0.460 e. The molecule has 2 nitrogen and oxygen atoms in total. The summed E-state index contributed by atoms with van der Waals surface area (Å²) in [7, 11) is 0. The molecule has 0 aliphatic heterocycles. The Labute approximate surface area is 92.9 Å². The Bertz CT molecular complexity index is 212. The molecular formula is C7H11Cl3O2Si. The molecule has 0 aromatic heterocycles. The maximum atomic E-state index is 11.0. The van der Waals surface area contributed by atoms with Gasteiger partial charge in [0.15, 0.2) is 0 Å². The molecule has 0 N–H and O–H groups in total. The first-order valence-corrected chi connectivity index (χ1v) is 8.90. The van der Waals surface area contributed by atoms with Gasteiger partial charge in [0.05, 0.1) is 0 Å². The van der Waals surface area contributed by atoms with Gasteiger partial charge in [-0.15, -0.1) is 33.2 Å². The van der Waals surface area contributed by atoms with E-state index in [2.05, 4.69) is 6.58 Å². The molecule has 0 aliphatic rings. The number of hydrogen-bond donors (Lipinski definition) is 0. The van der Waals surface area contributed by atoms with Gasteiger partial charge in [-0.2, -0.15) is 0 Å². The van der Waals surface area contributed by atoms with E-state index < -0.39 is 12.0 Å². The molecule has 0 amide bonds. The lowest BCUT2D eigenvalue weighted by molar-refractivity contribution is -0.142. The Morgan fingerprint density at radius 2 is 2.00 bits per heavy atom. The van der Waals surface area contributed by atoms with Gasteiger partial charge in [0.25, 0.3) is 0 Å². The number of carbonyl (C=O) groups excluding carboxylic acids is 1. The molecule has 0 aromatic rings. The van der Waals surface area contributed by atoms with Gasteiger partial charge >= 0.3 is 12.0 Å². The summed E-state index contributed by atoms with van der Waals surface area (Å²) in [4.78, 5) is 11.0. The van der Waals surface area contributed by atoms with Crippen molar-refractivity contribution < 1.29 is 9.53 Å². The highest BCUT2D eigenvalue weighted by atomic mass is 35.8. The van der Waals surface area contributed by atoms with Crippen LogP contribution in [0.15, 0.2) is 12.2 Å². The van der Waals surface area contributed by atoms with Crippen LogP contribution in [0.4, 0.5) is 0 Å². The average Bonchev–Trinajstić information content (AvgIpc) is 1.81. The first kappa shape index (κ1) is 13.3. The zero-order valence-electron chi connectivity index (χ0n) is 7.44. The molecule has 0 spiro atoms.